The van der Waals surface area contributed by atoms with Crippen LogP contribution in [0, 0.1) is 16.0 Å². The number of non-ortho nitro benzene ring substituents is 1. The number of nitro benzene ring substituents is 1. The molecule has 1 N–H and O–H groups in total. The van der Waals surface area contributed by atoms with Crippen molar-refractivity contribution in [3.05, 3.63) is 39.9 Å². The van der Waals surface area contributed by atoms with Crippen molar-refractivity contribution >= 4 is 11.6 Å². The minimum atomic E-state index is -0.419. The van der Waals surface area contributed by atoms with Crippen LogP contribution in [0.5, 0.6) is 0 Å². The van der Waals surface area contributed by atoms with Crippen LogP contribution in [0.15, 0.2) is 24.3 Å². The summed E-state index contributed by atoms with van der Waals surface area (Å²) in [5.74, 6) is 0.498. The largest absolute Gasteiger partial charge is 0.339 e. The van der Waals surface area contributed by atoms with Crippen molar-refractivity contribution < 1.29 is 9.72 Å². The molecule has 1 aliphatic rings. The van der Waals surface area contributed by atoms with Crippen LogP contribution in [0.2, 0.25) is 0 Å². The van der Waals surface area contributed by atoms with E-state index >= 15 is 0 Å². The molecule has 1 aromatic carbocycles. The zero-order chi connectivity index (χ0) is 14.7. The van der Waals surface area contributed by atoms with Crippen molar-refractivity contribution in [3.8, 4) is 0 Å². The molecular weight excluding hydrogens is 258 g/mol. The first kappa shape index (κ1) is 14.5. The molecule has 0 aliphatic carbocycles. The lowest BCUT2D eigenvalue weighted by Gasteiger charge is -2.31. The molecule has 0 aromatic heterocycles. The van der Waals surface area contributed by atoms with Gasteiger partial charge in [0.25, 0.3) is 5.69 Å². The number of carbonyl (C=O) groups is 1. The van der Waals surface area contributed by atoms with Crippen molar-refractivity contribution in [1.29, 1.82) is 0 Å². The molecule has 1 saturated heterocycles. The molecule has 1 aromatic rings. The highest BCUT2D eigenvalue weighted by Crippen LogP contribution is 2.24. The first-order valence-corrected chi connectivity index (χ1v) is 6.69. The second-order valence-corrected chi connectivity index (χ2v) is 5.26. The van der Waals surface area contributed by atoms with Crippen molar-refractivity contribution in [1.82, 2.24) is 10.2 Å². The topological polar surface area (TPSA) is 75.5 Å². The van der Waals surface area contributed by atoms with Crippen LogP contribution in [0.4, 0.5) is 5.69 Å². The average molecular weight is 277 g/mol. The van der Waals surface area contributed by atoms with E-state index in [2.05, 4.69) is 5.32 Å². The summed E-state index contributed by atoms with van der Waals surface area (Å²) in [6, 6.07) is 6.28. The Morgan fingerprint density at radius 3 is 2.80 bits per heavy atom. The van der Waals surface area contributed by atoms with Crippen LogP contribution >= 0.6 is 0 Å². The van der Waals surface area contributed by atoms with Gasteiger partial charge in [0.1, 0.15) is 0 Å². The lowest BCUT2D eigenvalue weighted by atomic mass is 9.98. The zero-order valence-corrected chi connectivity index (χ0v) is 11.7. The quantitative estimate of drug-likeness (QED) is 0.657. The molecule has 6 nitrogen and oxygen atoms in total. The van der Waals surface area contributed by atoms with Crippen LogP contribution in [-0.4, -0.2) is 35.9 Å². The van der Waals surface area contributed by atoms with Gasteiger partial charge in [-0.1, -0.05) is 12.1 Å². The Morgan fingerprint density at radius 1 is 1.55 bits per heavy atom. The molecule has 1 fully saturated rings. The van der Waals surface area contributed by atoms with Crippen LogP contribution in [-0.2, 0) is 4.79 Å². The smallest absolute Gasteiger partial charge is 0.269 e. The summed E-state index contributed by atoms with van der Waals surface area (Å²) in [5, 5.41) is 13.9. The molecule has 0 saturated carbocycles. The summed E-state index contributed by atoms with van der Waals surface area (Å²) >= 11 is 0. The molecule has 1 atom stereocenters. The number of benzene rings is 1. The van der Waals surface area contributed by atoms with E-state index in [0.29, 0.717) is 12.3 Å². The van der Waals surface area contributed by atoms with E-state index in [4.69, 9.17) is 0 Å². The Morgan fingerprint density at radius 2 is 2.25 bits per heavy atom. The summed E-state index contributed by atoms with van der Waals surface area (Å²) in [7, 11) is 1.75. The van der Waals surface area contributed by atoms with Crippen LogP contribution < -0.4 is 5.32 Å². The molecule has 6 heteroatoms. The van der Waals surface area contributed by atoms with E-state index in [1.54, 1.807) is 18.0 Å². The predicted molar refractivity (Wildman–Crippen MR) is 75.3 cm³/mol. The van der Waals surface area contributed by atoms with Gasteiger partial charge in [-0.05, 0) is 31.5 Å². The van der Waals surface area contributed by atoms with Gasteiger partial charge in [-0.2, -0.15) is 0 Å². The van der Waals surface area contributed by atoms with Gasteiger partial charge in [-0.15, -0.1) is 0 Å². The maximum atomic E-state index is 12.1. The van der Waals surface area contributed by atoms with Gasteiger partial charge in [0.15, 0.2) is 0 Å². The van der Waals surface area contributed by atoms with Crippen LogP contribution in [0.3, 0.4) is 0 Å². The average Bonchev–Trinajstić information content (AvgIpc) is 2.41. The third kappa shape index (κ3) is 3.14. The van der Waals surface area contributed by atoms with E-state index in [1.165, 1.54) is 12.1 Å². The molecule has 0 spiro atoms. The van der Waals surface area contributed by atoms with Gasteiger partial charge >= 0.3 is 0 Å². The van der Waals surface area contributed by atoms with Crippen molar-refractivity contribution in [2.75, 3.05) is 20.1 Å². The van der Waals surface area contributed by atoms with Gasteiger partial charge in [-0.25, -0.2) is 0 Å². The third-order valence-electron chi connectivity index (χ3n) is 3.87. The number of rotatable bonds is 5. The van der Waals surface area contributed by atoms with Crippen molar-refractivity contribution in [2.24, 2.45) is 5.92 Å². The fourth-order valence-electron chi connectivity index (χ4n) is 2.22. The maximum Gasteiger partial charge on any atom is 0.269 e. The monoisotopic (exact) mass is 277 g/mol. The first-order chi connectivity index (χ1) is 9.49. The number of nitrogens with one attached hydrogen (secondary N) is 1. The standard InChI is InChI=1S/C14H19N3O3/c1-10(12-4-3-5-13(7-12)17(19)20)16(2)14(18)6-11-8-15-9-11/h3-5,7,10-11,15H,6,8-9H2,1-2H3. The fraction of sp³-hybridized carbons (Fsp3) is 0.500. The lowest BCUT2D eigenvalue weighted by molar-refractivity contribution is -0.384. The molecule has 1 aliphatic heterocycles. The molecule has 1 amide bonds. The van der Waals surface area contributed by atoms with Gasteiger partial charge in [0.05, 0.1) is 11.0 Å². The summed E-state index contributed by atoms with van der Waals surface area (Å²) in [6.07, 6.45) is 0.531. The molecule has 108 valence electrons. The minimum Gasteiger partial charge on any atom is -0.339 e. The second-order valence-electron chi connectivity index (χ2n) is 5.26. The SMILES string of the molecule is CC(c1cccc([N+](=O)[O-])c1)N(C)C(=O)CC1CNC1. The van der Waals surface area contributed by atoms with E-state index in [9.17, 15) is 14.9 Å². The summed E-state index contributed by atoms with van der Waals surface area (Å²) in [6.45, 7) is 3.67. The van der Waals surface area contributed by atoms with E-state index in [-0.39, 0.29) is 17.6 Å². The molecule has 20 heavy (non-hydrogen) atoms. The summed E-state index contributed by atoms with van der Waals surface area (Å²) < 4.78 is 0. The Labute approximate surface area is 117 Å². The van der Waals surface area contributed by atoms with Crippen molar-refractivity contribution in [3.63, 3.8) is 0 Å². The minimum absolute atomic E-state index is 0.0541. The summed E-state index contributed by atoms with van der Waals surface area (Å²) in [4.78, 5) is 24.2. The molecule has 0 radical (unpaired) electrons. The number of hydrogen-bond donors (Lipinski definition) is 1. The highest BCUT2D eigenvalue weighted by molar-refractivity contribution is 5.76. The molecule has 0 bridgehead atoms. The third-order valence-corrected chi connectivity index (χ3v) is 3.87. The molecule has 1 heterocycles. The van der Waals surface area contributed by atoms with E-state index in [0.717, 1.165) is 18.7 Å². The van der Waals surface area contributed by atoms with Crippen molar-refractivity contribution in [2.45, 2.75) is 19.4 Å². The number of nitrogens with zero attached hydrogens (tertiary/aromatic N) is 2. The predicted octanol–water partition coefficient (Wildman–Crippen LogP) is 1.72. The summed E-state index contributed by atoms with van der Waals surface area (Å²) in [5.41, 5.74) is 0.833. The maximum absolute atomic E-state index is 12.1. The fourth-order valence-corrected chi connectivity index (χ4v) is 2.22. The number of nitro groups is 1. The molecule has 1 unspecified atom stereocenters. The number of hydrogen-bond acceptors (Lipinski definition) is 4. The zero-order valence-electron chi connectivity index (χ0n) is 11.7. The highest BCUT2D eigenvalue weighted by atomic mass is 16.6. The number of carbonyl (C=O) groups excluding carboxylic acids is 1. The molecular formula is C14H19N3O3. The van der Waals surface area contributed by atoms with Gasteiger partial charge in [0, 0.05) is 25.6 Å². The Balaban J connectivity index is 2.05. The second kappa shape index (κ2) is 6.00. The molecule has 2 rings (SSSR count). The normalized spacial score (nSPS) is 16.3. The van der Waals surface area contributed by atoms with E-state index in [1.807, 2.05) is 13.0 Å². The highest BCUT2D eigenvalue weighted by Gasteiger charge is 2.25. The first-order valence-electron chi connectivity index (χ1n) is 6.69. The Hall–Kier alpha value is -1.95. The van der Waals surface area contributed by atoms with Crippen LogP contribution in [0.1, 0.15) is 24.9 Å². The van der Waals surface area contributed by atoms with Gasteiger partial charge in [-0.3, -0.25) is 14.9 Å². The Bertz CT molecular complexity index is 514. The lowest BCUT2D eigenvalue weighted by Crippen LogP contribution is -2.45. The van der Waals surface area contributed by atoms with Crippen LogP contribution in [0.25, 0.3) is 0 Å². The Kier molecular flexibility index (Phi) is 4.34. The van der Waals surface area contributed by atoms with Gasteiger partial charge in [0.2, 0.25) is 5.91 Å². The van der Waals surface area contributed by atoms with Gasteiger partial charge < -0.3 is 10.2 Å². The van der Waals surface area contributed by atoms with E-state index < -0.39 is 4.92 Å². The number of amides is 1.